The van der Waals surface area contributed by atoms with Gasteiger partial charge in [-0.15, -0.1) is 6.58 Å². The first-order valence-corrected chi connectivity index (χ1v) is 7.58. The maximum Gasteiger partial charge on any atom is 0.169 e. The SMILES string of the molecule is C=CCNC(=S)N1CCN(Cc2cccc(Cl)c2)CC1. The lowest BCUT2D eigenvalue weighted by atomic mass is 10.2. The number of nitrogens with one attached hydrogen (secondary N) is 1. The predicted octanol–water partition coefficient (Wildman–Crippen LogP) is 2.52. The van der Waals surface area contributed by atoms with Crippen molar-refractivity contribution < 1.29 is 0 Å². The molecule has 1 heterocycles. The third kappa shape index (κ3) is 4.47. The van der Waals surface area contributed by atoms with Crippen LogP contribution in [0.1, 0.15) is 5.56 Å². The zero-order chi connectivity index (χ0) is 14.4. The summed E-state index contributed by atoms with van der Waals surface area (Å²) in [5.41, 5.74) is 1.26. The lowest BCUT2D eigenvalue weighted by molar-refractivity contribution is 0.175. The molecule has 1 aliphatic heterocycles. The second-order valence-corrected chi connectivity index (χ2v) is 5.69. The van der Waals surface area contributed by atoms with E-state index in [2.05, 4.69) is 27.8 Å². The first-order chi connectivity index (χ1) is 9.69. The molecule has 108 valence electrons. The average Bonchev–Trinajstić information content (AvgIpc) is 2.45. The van der Waals surface area contributed by atoms with E-state index in [9.17, 15) is 0 Å². The fraction of sp³-hybridized carbons (Fsp3) is 0.400. The number of piperazine rings is 1. The number of halogens is 1. The van der Waals surface area contributed by atoms with Crippen molar-refractivity contribution in [3.05, 3.63) is 47.5 Å². The zero-order valence-electron chi connectivity index (χ0n) is 11.5. The van der Waals surface area contributed by atoms with Crippen LogP contribution in [0.15, 0.2) is 36.9 Å². The van der Waals surface area contributed by atoms with Gasteiger partial charge in [0.2, 0.25) is 0 Å². The van der Waals surface area contributed by atoms with Crippen LogP contribution in [0, 0.1) is 0 Å². The Kier molecular flexibility index (Phi) is 5.83. The second-order valence-electron chi connectivity index (χ2n) is 4.87. The van der Waals surface area contributed by atoms with Crippen molar-refractivity contribution in [3.8, 4) is 0 Å². The minimum Gasteiger partial charge on any atom is -0.359 e. The van der Waals surface area contributed by atoms with Crippen LogP contribution in [0.25, 0.3) is 0 Å². The van der Waals surface area contributed by atoms with Crippen LogP contribution >= 0.6 is 23.8 Å². The highest BCUT2D eigenvalue weighted by atomic mass is 35.5. The molecule has 0 radical (unpaired) electrons. The van der Waals surface area contributed by atoms with Gasteiger partial charge < -0.3 is 10.2 Å². The van der Waals surface area contributed by atoms with Crippen LogP contribution in [-0.2, 0) is 6.54 Å². The molecule has 5 heteroatoms. The average molecular weight is 310 g/mol. The summed E-state index contributed by atoms with van der Waals surface area (Å²) < 4.78 is 0. The van der Waals surface area contributed by atoms with E-state index in [1.54, 1.807) is 0 Å². The molecule has 0 amide bonds. The zero-order valence-corrected chi connectivity index (χ0v) is 13.1. The maximum absolute atomic E-state index is 6.02. The highest BCUT2D eigenvalue weighted by molar-refractivity contribution is 7.80. The second kappa shape index (κ2) is 7.62. The smallest absolute Gasteiger partial charge is 0.169 e. The minimum atomic E-state index is 0.724. The van der Waals surface area contributed by atoms with E-state index in [1.165, 1.54) is 5.56 Å². The summed E-state index contributed by atoms with van der Waals surface area (Å²) in [7, 11) is 0. The Bertz CT molecular complexity index is 470. The van der Waals surface area contributed by atoms with Gasteiger partial charge in [0, 0.05) is 44.3 Å². The third-order valence-corrected chi connectivity index (χ3v) is 3.99. The van der Waals surface area contributed by atoms with Crippen molar-refractivity contribution in [2.45, 2.75) is 6.54 Å². The Labute approximate surface area is 131 Å². The number of nitrogens with zero attached hydrogens (tertiary/aromatic N) is 2. The molecule has 1 aliphatic rings. The molecule has 0 bridgehead atoms. The van der Waals surface area contributed by atoms with Crippen LogP contribution in [0.5, 0.6) is 0 Å². The van der Waals surface area contributed by atoms with Crippen LogP contribution in [0.3, 0.4) is 0 Å². The van der Waals surface area contributed by atoms with E-state index in [4.69, 9.17) is 23.8 Å². The van der Waals surface area contributed by atoms with Gasteiger partial charge in [0.1, 0.15) is 0 Å². The molecule has 0 aromatic heterocycles. The van der Waals surface area contributed by atoms with Crippen LogP contribution < -0.4 is 5.32 Å². The lowest BCUT2D eigenvalue weighted by Gasteiger charge is -2.36. The Hall–Kier alpha value is -1.10. The minimum absolute atomic E-state index is 0.724. The molecule has 0 spiro atoms. The molecule has 1 aromatic rings. The standard InChI is InChI=1S/C15H20ClN3S/c1-2-6-17-15(20)19-9-7-18(8-10-19)12-13-4-3-5-14(16)11-13/h2-5,11H,1,6-10,12H2,(H,17,20). The van der Waals surface area contributed by atoms with Crippen molar-refractivity contribution in [1.29, 1.82) is 0 Å². The summed E-state index contributed by atoms with van der Waals surface area (Å²) >= 11 is 11.4. The molecule has 2 rings (SSSR count). The normalized spacial score (nSPS) is 15.9. The summed E-state index contributed by atoms with van der Waals surface area (Å²) in [6.45, 7) is 9.31. The van der Waals surface area contributed by atoms with Crippen molar-refractivity contribution >= 4 is 28.9 Å². The highest BCUT2D eigenvalue weighted by Crippen LogP contribution is 2.14. The topological polar surface area (TPSA) is 18.5 Å². The Morgan fingerprint density at radius 2 is 2.10 bits per heavy atom. The quantitative estimate of drug-likeness (QED) is 0.680. The van der Waals surface area contributed by atoms with E-state index >= 15 is 0 Å². The van der Waals surface area contributed by atoms with Gasteiger partial charge in [0.15, 0.2) is 5.11 Å². The van der Waals surface area contributed by atoms with Gasteiger partial charge >= 0.3 is 0 Å². The van der Waals surface area contributed by atoms with Crippen LogP contribution in [-0.4, -0.2) is 47.6 Å². The van der Waals surface area contributed by atoms with Gasteiger partial charge in [-0.05, 0) is 29.9 Å². The Balaban J connectivity index is 1.79. The predicted molar refractivity (Wildman–Crippen MR) is 89.1 cm³/mol. The first kappa shape index (κ1) is 15.3. The molecule has 1 aromatic carbocycles. The van der Waals surface area contributed by atoms with Crippen molar-refractivity contribution in [2.75, 3.05) is 32.7 Å². The molecule has 0 saturated carbocycles. The molecule has 3 nitrogen and oxygen atoms in total. The van der Waals surface area contributed by atoms with Gasteiger partial charge in [-0.3, -0.25) is 4.90 Å². The Morgan fingerprint density at radius 3 is 2.75 bits per heavy atom. The molecule has 0 unspecified atom stereocenters. The van der Waals surface area contributed by atoms with E-state index in [0.717, 1.165) is 49.4 Å². The van der Waals surface area contributed by atoms with Gasteiger partial charge in [-0.2, -0.15) is 0 Å². The van der Waals surface area contributed by atoms with Crippen LogP contribution in [0.4, 0.5) is 0 Å². The molecule has 0 aliphatic carbocycles. The Morgan fingerprint density at radius 1 is 1.35 bits per heavy atom. The summed E-state index contributed by atoms with van der Waals surface area (Å²) in [6, 6.07) is 8.06. The van der Waals surface area contributed by atoms with E-state index in [1.807, 2.05) is 24.3 Å². The van der Waals surface area contributed by atoms with Crippen LogP contribution in [0.2, 0.25) is 5.02 Å². The fourth-order valence-electron chi connectivity index (χ4n) is 2.27. The number of benzene rings is 1. The van der Waals surface area contributed by atoms with Crippen molar-refractivity contribution in [3.63, 3.8) is 0 Å². The molecule has 0 atom stereocenters. The number of rotatable bonds is 4. The third-order valence-electron chi connectivity index (χ3n) is 3.35. The van der Waals surface area contributed by atoms with Gasteiger partial charge in [-0.1, -0.05) is 29.8 Å². The number of hydrogen-bond donors (Lipinski definition) is 1. The summed E-state index contributed by atoms with van der Waals surface area (Å²) in [5, 5.41) is 4.81. The van der Waals surface area contributed by atoms with Crippen molar-refractivity contribution in [1.82, 2.24) is 15.1 Å². The largest absolute Gasteiger partial charge is 0.359 e. The number of hydrogen-bond acceptors (Lipinski definition) is 2. The molecule has 1 fully saturated rings. The molecule has 1 saturated heterocycles. The van der Waals surface area contributed by atoms with Gasteiger partial charge in [-0.25, -0.2) is 0 Å². The molecular formula is C15H20ClN3S. The highest BCUT2D eigenvalue weighted by Gasteiger charge is 2.18. The summed E-state index contributed by atoms with van der Waals surface area (Å²) in [4.78, 5) is 4.64. The van der Waals surface area contributed by atoms with E-state index in [0.29, 0.717) is 0 Å². The monoisotopic (exact) mass is 309 g/mol. The number of thiocarbonyl (C=S) groups is 1. The van der Waals surface area contributed by atoms with E-state index in [-0.39, 0.29) is 0 Å². The lowest BCUT2D eigenvalue weighted by Crippen LogP contribution is -2.51. The fourth-order valence-corrected chi connectivity index (χ4v) is 2.75. The molecular weight excluding hydrogens is 290 g/mol. The van der Waals surface area contributed by atoms with Gasteiger partial charge in [0.05, 0.1) is 0 Å². The summed E-state index contributed by atoms with van der Waals surface area (Å²) in [5.74, 6) is 0. The molecule has 20 heavy (non-hydrogen) atoms. The van der Waals surface area contributed by atoms with E-state index < -0.39 is 0 Å². The summed E-state index contributed by atoms with van der Waals surface area (Å²) in [6.07, 6.45) is 1.82. The van der Waals surface area contributed by atoms with Crippen molar-refractivity contribution in [2.24, 2.45) is 0 Å². The van der Waals surface area contributed by atoms with Gasteiger partial charge in [0.25, 0.3) is 0 Å². The molecule has 1 N–H and O–H groups in total. The maximum atomic E-state index is 6.02. The first-order valence-electron chi connectivity index (χ1n) is 6.79.